The van der Waals surface area contributed by atoms with Gasteiger partial charge in [-0.05, 0) is 94.0 Å². The number of carbonyl (C=O) groups excluding carboxylic acids is 2. The number of aliphatic imine (C=N–C) groups is 1. The van der Waals surface area contributed by atoms with Crippen molar-refractivity contribution < 1.29 is 9.59 Å². The van der Waals surface area contributed by atoms with Crippen molar-refractivity contribution in [3.05, 3.63) is 129 Å². The van der Waals surface area contributed by atoms with Gasteiger partial charge in [0.05, 0.1) is 41.2 Å². The van der Waals surface area contributed by atoms with Gasteiger partial charge in [0, 0.05) is 53.1 Å². The first-order valence-corrected chi connectivity index (χ1v) is 21.5. The highest BCUT2D eigenvalue weighted by Crippen LogP contribution is 2.52. The van der Waals surface area contributed by atoms with Crippen molar-refractivity contribution in [3.63, 3.8) is 0 Å². The molecule has 17 heteroatoms. The van der Waals surface area contributed by atoms with Crippen LogP contribution in [0.1, 0.15) is 91.7 Å². The minimum atomic E-state index is -0.759. The maximum atomic E-state index is 13.4. The molecule has 16 nitrogen and oxygen atoms in total. The summed E-state index contributed by atoms with van der Waals surface area (Å²) in [5.41, 5.74) is 7.56. The Bertz CT molecular complexity index is 2970. The molecule has 1 saturated carbocycles. The van der Waals surface area contributed by atoms with Crippen molar-refractivity contribution in [3.8, 4) is 16.8 Å². The zero-order chi connectivity index (χ0) is 42.5. The lowest BCUT2D eigenvalue weighted by atomic mass is 9.96. The standard InChI is InChI=1S/C45H44ClN13O3/c1-27-49-37-22-33(12-13-35(37)43(62)58(27)39-15-16-40(60)50-42(39)61)47-24-34-26-57(55-53-34)20-6-4-3-5-19-56-25-31(23-48-56)30-9-14-38-36(21-30)41(29-7-10-32(46)11-8-29)51-45(17-18-45)44-54-52-28(2)59(38)44/h7-14,21-23,25-26,39,47H,3-6,15-20,24H2,1-2H3,(H,50,60,61). The summed E-state index contributed by atoms with van der Waals surface area (Å²) in [6.45, 7) is 5.75. The van der Waals surface area contributed by atoms with Crippen molar-refractivity contribution in [2.45, 2.75) is 96.4 Å². The first kappa shape index (κ1) is 39.3. The summed E-state index contributed by atoms with van der Waals surface area (Å²) < 4.78 is 7.45. The average molecular weight is 850 g/mol. The van der Waals surface area contributed by atoms with E-state index in [1.54, 1.807) is 13.0 Å². The Kier molecular flexibility index (Phi) is 10.1. The molecule has 62 heavy (non-hydrogen) atoms. The highest BCUT2D eigenvalue weighted by atomic mass is 35.5. The SMILES string of the molecule is Cc1nnc2n1-c1ccc(-c3cnn(CCCCCCn4cc(CNc5ccc6c(=O)n(C7CCC(=O)NC7=O)c(C)nc6c5)nn4)c3)cc1C(c1ccc(Cl)cc1)=NC21CC1. The molecule has 314 valence electrons. The maximum absolute atomic E-state index is 13.4. The molecule has 3 aliphatic rings. The molecular weight excluding hydrogens is 806 g/mol. The smallest absolute Gasteiger partial charge is 0.262 e. The summed E-state index contributed by atoms with van der Waals surface area (Å²) in [7, 11) is 0. The van der Waals surface area contributed by atoms with Gasteiger partial charge < -0.3 is 5.32 Å². The molecule has 1 atom stereocenters. The number of unbranched alkanes of at least 4 members (excludes halogenated alkanes) is 3. The van der Waals surface area contributed by atoms with Crippen molar-refractivity contribution >= 4 is 45.7 Å². The molecule has 4 aromatic heterocycles. The van der Waals surface area contributed by atoms with Gasteiger partial charge in [-0.1, -0.05) is 47.9 Å². The summed E-state index contributed by atoms with van der Waals surface area (Å²) in [5.74, 6) is 1.36. The van der Waals surface area contributed by atoms with E-state index in [0.717, 1.165) is 108 Å². The van der Waals surface area contributed by atoms with E-state index in [2.05, 4.69) is 65.1 Å². The van der Waals surface area contributed by atoms with Crippen LogP contribution in [-0.2, 0) is 34.8 Å². The molecule has 2 amide bonds. The number of hydrogen-bond acceptors (Lipinski definition) is 11. The van der Waals surface area contributed by atoms with E-state index < -0.39 is 11.9 Å². The highest BCUT2D eigenvalue weighted by molar-refractivity contribution is 6.30. The summed E-state index contributed by atoms with van der Waals surface area (Å²) in [4.78, 5) is 47.5. The predicted molar refractivity (Wildman–Crippen MR) is 233 cm³/mol. The lowest BCUT2D eigenvalue weighted by Crippen LogP contribution is -2.45. The quantitative estimate of drug-likeness (QED) is 0.0973. The number of imide groups is 1. The van der Waals surface area contributed by atoms with Gasteiger partial charge in [-0.3, -0.25) is 43.2 Å². The fraction of sp³-hybridized carbons (Fsp3) is 0.333. The number of rotatable bonds is 13. The van der Waals surface area contributed by atoms with Crippen LogP contribution in [0.4, 0.5) is 5.69 Å². The second-order valence-corrected chi connectivity index (χ2v) is 16.8. The Morgan fingerprint density at radius 2 is 1.63 bits per heavy atom. The van der Waals surface area contributed by atoms with Crippen molar-refractivity contribution in [2.75, 3.05) is 5.32 Å². The first-order valence-electron chi connectivity index (χ1n) is 21.1. The fourth-order valence-electron chi connectivity index (χ4n) is 8.63. The lowest BCUT2D eigenvalue weighted by Gasteiger charge is -2.24. The van der Waals surface area contributed by atoms with E-state index in [-0.39, 0.29) is 29.8 Å². The van der Waals surface area contributed by atoms with Crippen LogP contribution in [0, 0.1) is 13.8 Å². The van der Waals surface area contributed by atoms with E-state index in [0.29, 0.717) is 28.3 Å². The third-order valence-corrected chi connectivity index (χ3v) is 12.3. The lowest BCUT2D eigenvalue weighted by molar-refractivity contribution is -0.135. The summed E-state index contributed by atoms with van der Waals surface area (Å²) in [5, 5.41) is 29.2. The number of hydrogen-bond donors (Lipinski definition) is 2. The third kappa shape index (κ3) is 7.48. The molecule has 10 rings (SSSR count). The molecule has 3 aromatic carbocycles. The predicted octanol–water partition coefficient (Wildman–Crippen LogP) is 6.39. The van der Waals surface area contributed by atoms with Crippen LogP contribution in [0.3, 0.4) is 0 Å². The van der Waals surface area contributed by atoms with Crippen LogP contribution < -0.4 is 16.2 Å². The second-order valence-electron chi connectivity index (χ2n) is 16.4. The van der Waals surface area contributed by atoms with E-state index >= 15 is 0 Å². The Hall–Kier alpha value is -6.81. The van der Waals surface area contributed by atoms with E-state index in [1.807, 2.05) is 65.1 Å². The van der Waals surface area contributed by atoms with Crippen molar-refractivity contribution in [1.29, 1.82) is 0 Å². The van der Waals surface area contributed by atoms with E-state index in [9.17, 15) is 14.4 Å². The Morgan fingerprint density at radius 1 is 0.839 bits per heavy atom. The van der Waals surface area contributed by atoms with Crippen LogP contribution in [0.15, 0.2) is 89.0 Å². The van der Waals surface area contributed by atoms with Crippen LogP contribution in [0.2, 0.25) is 5.02 Å². The molecule has 1 saturated heterocycles. The first-order chi connectivity index (χ1) is 30.1. The van der Waals surface area contributed by atoms with Gasteiger partial charge in [-0.15, -0.1) is 15.3 Å². The minimum absolute atomic E-state index is 0.181. The monoisotopic (exact) mass is 849 g/mol. The van der Waals surface area contributed by atoms with Crippen molar-refractivity contribution in [2.24, 2.45) is 4.99 Å². The zero-order valence-electron chi connectivity index (χ0n) is 34.4. The molecule has 0 radical (unpaired) electrons. The number of fused-ring (bicyclic) bond motifs is 5. The largest absolute Gasteiger partial charge is 0.379 e. The number of halogens is 1. The number of aromatic nitrogens is 10. The van der Waals surface area contributed by atoms with Crippen molar-refractivity contribution in [1.82, 2.24) is 54.4 Å². The summed E-state index contributed by atoms with van der Waals surface area (Å²) in [6, 6.07) is 19.0. The third-order valence-electron chi connectivity index (χ3n) is 12.1. The molecular formula is C45H44ClN13O3. The Labute approximate surface area is 361 Å². The highest BCUT2D eigenvalue weighted by Gasteiger charge is 2.51. The van der Waals surface area contributed by atoms with E-state index in [4.69, 9.17) is 21.7 Å². The van der Waals surface area contributed by atoms with Gasteiger partial charge >= 0.3 is 0 Å². The normalized spacial score (nSPS) is 16.5. The number of nitrogens with one attached hydrogen (secondary N) is 2. The number of benzene rings is 3. The molecule has 0 bridgehead atoms. The van der Waals surface area contributed by atoms with Crippen LogP contribution in [-0.4, -0.2) is 66.6 Å². The molecule has 2 aliphatic heterocycles. The van der Waals surface area contributed by atoms with Crippen LogP contribution in [0.25, 0.3) is 27.7 Å². The fourth-order valence-corrected chi connectivity index (χ4v) is 8.76. The minimum Gasteiger partial charge on any atom is -0.379 e. The molecule has 2 fully saturated rings. The summed E-state index contributed by atoms with van der Waals surface area (Å²) in [6.07, 6.45) is 12.4. The van der Waals surface area contributed by atoms with Gasteiger partial charge in [-0.2, -0.15) is 5.10 Å². The number of carbonyl (C=O) groups is 2. The van der Waals surface area contributed by atoms with E-state index in [1.165, 1.54) is 4.57 Å². The summed E-state index contributed by atoms with van der Waals surface area (Å²) >= 11 is 6.29. The number of anilines is 1. The van der Waals surface area contributed by atoms with Gasteiger partial charge in [0.25, 0.3) is 5.56 Å². The number of piperidine rings is 1. The topological polar surface area (TPSA) is 185 Å². The van der Waals surface area contributed by atoms with Crippen LogP contribution >= 0.6 is 11.6 Å². The zero-order valence-corrected chi connectivity index (χ0v) is 35.1. The molecule has 7 aromatic rings. The molecule has 1 unspecified atom stereocenters. The second kappa shape index (κ2) is 15.9. The number of amides is 2. The Balaban J connectivity index is 0.722. The Morgan fingerprint density at radius 3 is 2.42 bits per heavy atom. The maximum Gasteiger partial charge on any atom is 0.262 e. The van der Waals surface area contributed by atoms with Crippen LogP contribution in [0.5, 0.6) is 0 Å². The van der Waals surface area contributed by atoms with Gasteiger partial charge in [0.2, 0.25) is 11.8 Å². The molecule has 2 N–H and O–H groups in total. The van der Waals surface area contributed by atoms with Gasteiger partial charge in [-0.25, -0.2) is 4.98 Å². The molecule has 1 spiro atoms. The van der Waals surface area contributed by atoms with Gasteiger partial charge in [0.15, 0.2) is 5.82 Å². The number of nitrogens with zero attached hydrogens (tertiary/aromatic N) is 11. The average Bonchev–Trinajstić information content (AvgIpc) is 3.52. The van der Waals surface area contributed by atoms with Gasteiger partial charge in [0.1, 0.15) is 28.9 Å². The number of aryl methyl sites for hydroxylation is 4. The molecule has 1 aliphatic carbocycles. The molecule has 6 heterocycles.